The van der Waals surface area contributed by atoms with Crippen molar-refractivity contribution in [3.05, 3.63) is 30.4 Å². The topological polar surface area (TPSA) is 65.6 Å². The summed E-state index contributed by atoms with van der Waals surface area (Å²) < 4.78 is 3.08. The number of hydrogen-bond donors (Lipinski definition) is 0. The maximum atomic E-state index is 11.8. The van der Waals surface area contributed by atoms with E-state index in [9.17, 15) is 4.79 Å². The normalized spacial score (nSPS) is 10.4. The maximum absolute atomic E-state index is 11.8. The lowest BCUT2D eigenvalue weighted by atomic mass is 10.3. The van der Waals surface area contributed by atoms with Crippen molar-refractivity contribution in [1.82, 2.24) is 24.3 Å². The molecule has 0 radical (unpaired) electrons. The van der Waals surface area contributed by atoms with Gasteiger partial charge in [0.2, 0.25) is 5.82 Å². The van der Waals surface area contributed by atoms with Crippen LogP contribution in [0.4, 0.5) is 0 Å². The van der Waals surface area contributed by atoms with Crippen molar-refractivity contribution in [2.45, 2.75) is 0 Å². The van der Waals surface area contributed by atoms with E-state index in [1.165, 1.54) is 11.0 Å². The number of imidazole rings is 1. The van der Waals surface area contributed by atoms with Gasteiger partial charge < -0.3 is 4.57 Å². The molecule has 0 saturated heterocycles. The SMILES string of the molecule is Cn1ccnc1C(=O)c1ncnn1C. The second kappa shape index (κ2) is 3.06. The monoisotopic (exact) mass is 191 g/mol. The van der Waals surface area contributed by atoms with Gasteiger partial charge in [-0.05, 0) is 0 Å². The first kappa shape index (κ1) is 8.61. The highest BCUT2D eigenvalue weighted by Gasteiger charge is 2.17. The maximum Gasteiger partial charge on any atom is 0.265 e. The highest BCUT2D eigenvalue weighted by Crippen LogP contribution is 2.02. The minimum Gasteiger partial charge on any atom is -0.331 e. The van der Waals surface area contributed by atoms with Crippen molar-refractivity contribution in [2.24, 2.45) is 14.1 Å². The van der Waals surface area contributed by atoms with E-state index >= 15 is 0 Å². The van der Waals surface area contributed by atoms with Gasteiger partial charge in [0.25, 0.3) is 5.78 Å². The van der Waals surface area contributed by atoms with Crippen LogP contribution in [0.15, 0.2) is 18.7 Å². The molecule has 0 aliphatic heterocycles. The summed E-state index contributed by atoms with van der Waals surface area (Å²) in [5.74, 6) is 0.429. The Hall–Kier alpha value is -1.98. The first-order chi connectivity index (χ1) is 6.70. The molecular formula is C8H9N5O. The van der Waals surface area contributed by atoms with Crippen LogP contribution in [-0.4, -0.2) is 30.1 Å². The molecule has 6 heteroatoms. The summed E-state index contributed by atoms with van der Waals surface area (Å²) in [7, 11) is 3.43. The van der Waals surface area contributed by atoms with Crippen molar-refractivity contribution in [3.8, 4) is 0 Å². The summed E-state index contributed by atoms with van der Waals surface area (Å²) >= 11 is 0. The van der Waals surface area contributed by atoms with Gasteiger partial charge in [0.15, 0.2) is 5.82 Å². The van der Waals surface area contributed by atoms with Crippen LogP contribution in [-0.2, 0) is 14.1 Å². The number of ketones is 1. The number of nitrogens with zero attached hydrogens (tertiary/aromatic N) is 5. The van der Waals surface area contributed by atoms with Gasteiger partial charge in [-0.1, -0.05) is 0 Å². The third kappa shape index (κ3) is 1.20. The summed E-state index contributed by atoms with van der Waals surface area (Å²) in [6.07, 6.45) is 4.63. The van der Waals surface area contributed by atoms with E-state index in [2.05, 4.69) is 15.1 Å². The molecule has 2 rings (SSSR count). The fraction of sp³-hybridized carbons (Fsp3) is 0.250. The molecule has 0 unspecified atom stereocenters. The summed E-state index contributed by atoms with van der Waals surface area (Å²) in [5.41, 5.74) is 0. The zero-order chi connectivity index (χ0) is 10.1. The Balaban J connectivity index is 2.44. The van der Waals surface area contributed by atoms with Crippen LogP contribution in [0, 0.1) is 0 Å². The molecule has 0 bridgehead atoms. The van der Waals surface area contributed by atoms with Crippen LogP contribution in [0.5, 0.6) is 0 Å². The lowest BCUT2D eigenvalue weighted by Gasteiger charge is -1.99. The van der Waals surface area contributed by atoms with Gasteiger partial charge in [0, 0.05) is 26.5 Å². The summed E-state index contributed by atoms with van der Waals surface area (Å²) in [5, 5.41) is 3.82. The van der Waals surface area contributed by atoms with Crippen molar-refractivity contribution < 1.29 is 4.79 Å². The van der Waals surface area contributed by atoms with E-state index in [1.54, 1.807) is 31.1 Å². The minimum atomic E-state index is -0.225. The van der Waals surface area contributed by atoms with E-state index in [-0.39, 0.29) is 5.78 Å². The Kier molecular flexibility index (Phi) is 1.88. The molecule has 6 nitrogen and oxygen atoms in total. The number of aryl methyl sites for hydroxylation is 2. The standard InChI is InChI=1S/C8H9N5O/c1-12-4-3-9-7(12)6(14)8-10-5-11-13(8)2/h3-5H,1-2H3. The Bertz CT molecular complexity index is 427. The zero-order valence-electron chi connectivity index (χ0n) is 7.88. The average Bonchev–Trinajstić information content (AvgIpc) is 2.73. The van der Waals surface area contributed by atoms with Crippen LogP contribution in [0.3, 0.4) is 0 Å². The fourth-order valence-electron chi connectivity index (χ4n) is 1.19. The van der Waals surface area contributed by atoms with Gasteiger partial charge in [-0.25, -0.2) is 14.6 Å². The molecule has 2 aromatic rings. The summed E-state index contributed by atoms with van der Waals surface area (Å²) in [4.78, 5) is 19.6. The molecule has 2 heterocycles. The smallest absolute Gasteiger partial charge is 0.265 e. The molecule has 0 aliphatic carbocycles. The van der Waals surface area contributed by atoms with Crippen LogP contribution < -0.4 is 0 Å². The van der Waals surface area contributed by atoms with Crippen molar-refractivity contribution in [3.63, 3.8) is 0 Å². The summed E-state index contributed by atoms with van der Waals surface area (Å²) in [6, 6.07) is 0. The van der Waals surface area contributed by atoms with E-state index in [0.717, 1.165) is 0 Å². The molecular weight excluding hydrogens is 182 g/mol. The quantitative estimate of drug-likeness (QED) is 0.615. The molecule has 72 valence electrons. The highest BCUT2D eigenvalue weighted by atomic mass is 16.1. The molecule has 0 aromatic carbocycles. The first-order valence-corrected chi connectivity index (χ1v) is 4.06. The molecule has 0 spiro atoms. The zero-order valence-corrected chi connectivity index (χ0v) is 7.88. The lowest BCUT2D eigenvalue weighted by molar-refractivity contribution is 0.101. The predicted octanol–water partition coefficient (Wildman–Crippen LogP) is -0.220. The summed E-state index contributed by atoms with van der Waals surface area (Å²) in [6.45, 7) is 0. The number of carbonyl (C=O) groups excluding carboxylic acids is 1. The second-order valence-corrected chi connectivity index (χ2v) is 2.90. The van der Waals surface area contributed by atoms with E-state index in [4.69, 9.17) is 0 Å². The average molecular weight is 191 g/mol. The Morgan fingerprint density at radius 3 is 2.57 bits per heavy atom. The molecule has 0 atom stereocenters. The molecule has 0 saturated carbocycles. The van der Waals surface area contributed by atoms with Gasteiger partial charge in [0.05, 0.1) is 0 Å². The third-order valence-electron chi connectivity index (χ3n) is 1.94. The predicted molar refractivity (Wildman–Crippen MR) is 47.6 cm³/mol. The molecule has 14 heavy (non-hydrogen) atoms. The van der Waals surface area contributed by atoms with Gasteiger partial charge in [-0.15, -0.1) is 0 Å². The van der Waals surface area contributed by atoms with Crippen LogP contribution in [0.25, 0.3) is 0 Å². The third-order valence-corrected chi connectivity index (χ3v) is 1.94. The number of hydrogen-bond acceptors (Lipinski definition) is 4. The van der Waals surface area contributed by atoms with E-state index < -0.39 is 0 Å². The largest absolute Gasteiger partial charge is 0.331 e. The first-order valence-electron chi connectivity index (χ1n) is 4.06. The van der Waals surface area contributed by atoms with E-state index in [0.29, 0.717) is 11.6 Å². The minimum absolute atomic E-state index is 0.225. The van der Waals surface area contributed by atoms with E-state index in [1.807, 2.05) is 0 Å². The van der Waals surface area contributed by atoms with Crippen LogP contribution in [0.1, 0.15) is 16.4 Å². The van der Waals surface area contributed by atoms with Gasteiger partial charge in [0.1, 0.15) is 6.33 Å². The Morgan fingerprint density at radius 2 is 2.07 bits per heavy atom. The molecule has 0 N–H and O–H groups in total. The van der Waals surface area contributed by atoms with Gasteiger partial charge >= 0.3 is 0 Å². The van der Waals surface area contributed by atoms with Gasteiger partial charge in [-0.2, -0.15) is 5.10 Å². The van der Waals surface area contributed by atoms with Crippen LogP contribution in [0.2, 0.25) is 0 Å². The Morgan fingerprint density at radius 1 is 1.29 bits per heavy atom. The Labute approximate surface area is 80.2 Å². The number of carbonyl (C=O) groups is 1. The van der Waals surface area contributed by atoms with Gasteiger partial charge in [-0.3, -0.25) is 4.79 Å². The molecule has 2 aromatic heterocycles. The van der Waals surface area contributed by atoms with Crippen LogP contribution >= 0.6 is 0 Å². The van der Waals surface area contributed by atoms with Crippen molar-refractivity contribution in [1.29, 1.82) is 0 Å². The van der Waals surface area contributed by atoms with Crippen molar-refractivity contribution in [2.75, 3.05) is 0 Å². The molecule has 0 amide bonds. The highest BCUT2D eigenvalue weighted by molar-refractivity contribution is 6.04. The number of rotatable bonds is 2. The lowest BCUT2D eigenvalue weighted by Crippen LogP contribution is -2.14. The number of aromatic nitrogens is 5. The molecule has 0 fully saturated rings. The second-order valence-electron chi connectivity index (χ2n) is 2.90. The van der Waals surface area contributed by atoms with Crippen molar-refractivity contribution >= 4 is 5.78 Å². The molecule has 0 aliphatic rings. The fourth-order valence-corrected chi connectivity index (χ4v) is 1.19.